The van der Waals surface area contributed by atoms with Crippen molar-refractivity contribution in [1.29, 1.82) is 0 Å². The van der Waals surface area contributed by atoms with E-state index < -0.39 is 5.41 Å². The summed E-state index contributed by atoms with van der Waals surface area (Å²) >= 11 is 1.88. The number of fused-ring (bicyclic) bond motifs is 8. The third kappa shape index (κ3) is 5.12. The van der Waals surface area contributed by atoms with Crippen molar-refractivity contribution in [2.75, 3.05) is 4.90 Å². The highest BCUT2D eigenvalue weighted by Crippen LogP contribution is 2.58. The Morgan fingerprint density at radius 2 is 0.983 bits per heavy atom. The van der Waals surface area contributed by atoms with Crippen LogP contribution in [0.3, 0.4) is 0 Å². The Morgan fingerprint density at radius 1 is 0.383 bits per heavy atom. The summed E-state index contributed by atoms with van der Waals surface area (Å²) in [4.78, 5) is 2.50. The Hall–Kier alpha value is -7.20. The number of aromatic nitrogens is 1. The molecule has 3 heterocycles. The van der Waals surface area contributed by atoms with Crippen molar-refractivity contribution in [3.05, 3.63) is 240 Å². The van der Waals surface area contributed by atoms with Gasteiger partial charge in [0.15, 0.2) is 0 Å². The Labute approximate surface area is 353 Å². The molecule has 0 atom stereocenters. The molecule has 60 heavy (non-hydrogen) atoms. The highest BCUT2D eigenvalue weighted by molar-refractivity contribution is 7.25. The second-order valence-corrected chi connectivity index (χ2v) is 17.4. The fourth-order valence-electron chi connectivity index (χ4n) is 10.1. The molecular weight excluding hydrogens is 745 g/mol. The molecule has 284 valence electrons. The minimum atomic E-state index is -0.560. The Bertz CT molecular complexity index is 3390. The van der Waals surface area contributed by atoms with Gasteiger partial charge in [-0.25, -0.2) is 0 Å². The average molecular weight is 785 g/mol. The van der Waals surface area contributed by atoms with Gasteiger partial charge in [0.2, 0.25) is 0 Å². The SMILES string of the molecule is Cc1ccc2c(c1)N(c1ccc(-c3ccc4c(c3)c3ccccc3n4-c3ccccc3)cc1)c1cc(C)ccc1C2(c1ccccc1)c1ccc2sc3ccccc3c2c1. The highest BCUT2D eigenvalue weighted by atomic mass is 32.1. The van der Waals surface area contributed by atoms with E-state index in [2.05, 4.69) is 230 Å². The molecular formula is C57H40N2S. The molecule has 11 aromatic rings. The number of thiophene rings is 1. The first-order valence-electron chi connectivity index (χ1n) is 20.7. The van der Waals surface area contributed by atoms with E-state index in [1.54, 1.807) is 0 Å². The van der Waals surface area contributed by atoms with Gasteiger partial charge in [-0.3, -0.25) is 0 Å². The Kier molecular flexibility index (Phi) is 7.79. The summed E-state index contributed by atoms with van der Waals surface area (Å²) in [6.45, 7) is 4.43. The first-order valence-corrected chi connectivity index (χ1v) is 21.6. The summed E-state index contributed by atoms with van der Waals surface area (Å²) in [5.74, 6) is 0. The van der Waals surface area contributed by atoms with Crippen LogP contribution in [0.2, 0.25) is 0 Å². The number of anilines is 3. The van der Waals surface area contributed by atoms with Gasteiger partial charge in [0, 0.05) is 42.3 Å². The number of hydrogen-bond acceptors (Lipinski definition) is 2. The maximum atomic E-state index is 2.50. The summed E-state index contributed by atoms with van der Waals surface area (Å²) in [6, 6.07) is 76.9. The predicted molar refractivity (Wildman–Crippen MR) is 255 cm³/mol. The summed E-state index contributed by atoms with van der Waals surface area (Å²) in [5.41, 5.74) is 16.5. The van der Waals surface area contributed by atoms with E-state index in [-0.39, 0.29) is 0 Å². The van der Waals surface area contributed by atoms with Crippen molar-refractivity contribution in [1.82, 2.24) is 4.57 Å². The lowest BCUT2D eigenvalue weighted by molar-refractivity contribution is 0.731. The van der Waals surface area contributed by atoms with Crippen LogP contribution in [0.5, 0.6) is 0 Å². The molecule has 3 heteroatoms. The van der Waals surface area contributed by atoms with E-state index >= 15 is 0 Å². The average Bonchev–Trinajstić information content (AvgIpc) is 3.84. The van der Waals surface area contributed by atoms with Crippen LogP contribution in [0, 0.1) is 13.8 Å². The van der Waals surface area contributed by atoms with Gasteiger partial charge in [-0.1, -0.05) is 133 Å². The number of hydrogen-bond donors (Lipinski definition) is 0. The maximum absolute atomic E-state index is 2.50. The van der Waals surface area contributed by atoms with Gasteiger partial charge in [0.25, 0.3) is 0 Å². The maximum Gasteiger partial charge on any atom is 0.0742 e. The first kappa shape index (κ1) is 34.8. The molecule has 1 aliphatic heterocycles. The topological polar surface area (TPSA) is 8.17 Å². The smallest absolute Gasteiger partial charge is 0.0742 e. The summed E-state index contributed by atoms with van der Waals surface area (Å²) in [7, 11) is 0. The lowest BCUT2D eigenvalue weighted by atomic mass is 9.62. The number of aryl methyl sites for hydroxylation is 2. The Morgan fingerprint density at radius 3 is 1.72 bits per heavy atom. The van der Waals surface area contributed by atoms with Crippen LogP contribution in [-0.4, -0.2) is 4.57 Å². The van der Waals surface area contributed by atoms with Crippen LogP contribution in [0.25, 0.3) is 58.8 Å². The van der Waals surface area contributed by atoms with Gasteiger partial charge in [-0.15, -0.1) is 11.3 Å². The number of rotatable bonds is 5. The monoisotopic (exact) mass is 784 g/mol. The molecule has 0 saturated heterocycles. The lowest BCUT2D eigenvalue weighted by Gasteiger charge is -2.47. The molecule has 2 nitrogen and oxygen atoms in total. The zero-order valence-corrected chi connectivity index (χ0v) is 34.2. The van der Waals surface area contributed by atoms with Gasteiger partial charge < -0.3 is 9.47 Å². The number of benzene rings is 9. The van der Waals surface area contributed by atoms with Crippen molar-refractivity contribution in [3.63, 3.8) is 0 Å². The molecule has 0 spiro atoms. The van der Waals surface area contributed by atoms with Crippen LogP contribution < -0.4 is 4.90 Å². The molecule has 12 rings (SSSR count). The van der Waals surface area contributed by atoms with Crippen LogP contribution in [0.1, 0.15) is 33.4 Å². The van der Waals surface area contributed by atoms with Gasteiger partial charge in [-0.2, -0.15) is 0 Å². The van der Waals surface area contributed by atoms with Gasteiger partial charge in [0.05, 0.1) is 27.8 Å². The Balaban J connectivity index is 1.04. The standard InChI is InChI=1S/C57H40N2S/c1-37-21-29-49-53(33-37)59(44-27-23-39(24-28-44)40-25-31-52-47(35-40)45-17-9-11-19-51(45)58(52)43-15-7-4-8-16-43)54-34-38(2)22-30-50(54)57(49,41-13-5-3-6-14-41)42-26-32-56-48(36-42)46-18-10-12-20-55(46)60-56/h3-36H,1-2H3. The summed E-state index contributed by atoms with van der Waals surface area (Å²) in [5, 5.41) is 5.14. The molecule has 1 aliphatic rings. The molecule has 2 aromatic heterocycles. The quantitative estimate of drug-likeness (QED) is 0.169. The molecule has 0 saturated carbocycles. The second-order valence-electron chi connectivity index (χ2n) is 16.3. The van der Waals surface area contributed by atoms with E-state index in [1.807, 2.05) is 11.3 Å². The van der Waals surface area contributed by atoms with Crippen molar-refractivity contribution in [3.8, 4) is 16.8 Å². The normalized spacial score (nSPS) is 13.3. The second kappa shape index (κ2) is 13.4. The lowest BCUT2D eigenvalue weighted by Crippen LogP contribution is -2.37. The zero-order chi connectivity index (χ0) is 40.0. The summed E-state index contributed by atoms with van der Waals surface area (Å²) < 4.78 is 5.01. The minimum absolute atomic E-state index is 0.560. The van der Waals surface area contributed by atoms with Crippen molar-refractivity contribution in [2.45, 2.75) is 19.3 Å². The van der Waals surface area contributed by atoms with Crippen LogP contribution >= 0.6 is 11.3 Å². The molecule has 0 bridgehead atoms. The fraction of sp³-hybridized carbons (Fsp3) is 0.0526. The van der Waals surface area contributed by atoms with Gasteiger partial charge >= 0.3 is 0 Å². The molecule has 9 aromatic carbocycles. The van der Waals surface area contributed by atoms with Gasteiger partial charge in [-0.05, 0) is 131 Å². The van der Waals surface area contributed by atoms with E-state index in [9.17, 15) is 0 Å². The number of para-hydroxylation sites is 2. The summed E-state index contributed by atoms with van der Waals surface area (Å²) in [6.07, 6.45) is 0. The van der Waals surface area contributed by atoms with Gasteiger partial charge in [0.1, 0.15) is 0 Å². The molecule has 0 fully saturated rings. The minimum Gasteiger partial charge on any atom is -0.310 e. The van der Waals surface area contributed by atoms with Crippen LogP contribution in [-0.2, 0) is 5.41 Å². The zero-order valence-electron chi connectivity index (χ0n) is 33.4. The van der Waals surface area contributed by atoms with Crippen LogP contribution in [0.15, 0.2) is 206 Å². The molecule has 0 amide bonds. The molecule has 0 radical (unpaired) electrons. The van der Waals surface area contributed by atoms with E-state index in [1.165, 1.54) is 104 Å². The largest absolute Gasteiger partial charge is 0.310 e. The van der Waals surface area contributed by atoms with Crippen molar-refractivity contribution in [2.24, 2.45) is 0 Å². The van der Waals surface area contributed by atoms with Crippen LogP contribution in [0.4, 0.5) is 17.1 Å². The molecule has 0 unspecified atom stereocenters. The third-order valence-corrected chi connectivity index (χ3v) is 13.9. The van der Waals surface area contributed by atoms with Crippen molar-refractivity contribution >= 4 is 70.4 Å². The van der Waals surface area contributed by atoms with E-state index in [0.29, 0.717) is 0 Å². The first-order chi connectivity index (χ1) is 29.6. The number of nitrogens with zero attached hydrogens (tertiary/aromatic N) is 2. The predicted octanol–water partition coefficient (Wildman–Crippen LogP) is 15.6. The fourth-order valence-corrected chi connectivity index (χ4v) is 11.2. The third-order valence-electron chi connectivity index (χ3n) is 12.8. The van der Waals surface area contributed by atoms with E-state index in [0.717, 1.165) is 5.69 Å². The highest BCUT2D eigenvalue weighted by Gasteiger charge is 2.46. The van der Waals surface area contributed by atoms with E-state index in [4.69, 9.17) is 0 Å². The van der Waals surface area contributed by atoms with Crippen molar-refractivity contribution < 1.29 is 0 Å². The molecule has 0 aliphatic carbocycles. The molecule has 0 N–H and O–H groups in total.